The van der Waals surface area contributed by atoms with Crippen LogP contribution in [0, 0.1) is 0 Å². The van der Waals surface area contributed by atoms with E-state index in [9.17, 15) is 4.79 Å². The van der Waals surface area contributed by atoms with Gasteiger partial charge in [0.15, 0.2) is 11.5 Å². The number of nitrogens with one attached hydrogen (secondary N) is 2. The summed E-state index contributed by atoms with van der Waals surface area (Å²) in [6.45, 7) is 2.75. The van der Waals surface area contributed by atoms with Crippen molar-refractivity contribution in [1.82, 2.24) is 19.5 Å². The molecular weight excluding hydrogens is 408 g/mol. The summed E-state index contributed by atoms with van der Waals surface area (Å²) in [6.07, 6.45) is 1.87. The molecule has 0 fully saturated rings. The molecule has 0 amide bonds. The molecule has 2 aromatic heterocycles. The van der Waals surface area contributed by atoms with Gasteiger partial charge in [0.05, 0.1) is 43.6 Å². The van der Waals surface area contributed by atoms with Crippen LogP contribution >= 0.6 is 0 Å². The van der Waals surface area contributed by atoms with E-state index < -0.39 is 0 Å². The lowest BCUT2D eigenvalue weighted by Gasteiger charge is -2.29. The molecule has 9 heteroatoms. The van der Waals surface area contributed by atoms with Crippen LogP contribution in [0.3, 0.4) is 0 Å². The number of rotatable bonds is 6. The number of hydrogen-bond donors (Lipinski definition) is 2. The third-order valence-corrected chi connectivity index (χ3v) is 5.69. The third-order valence-electron chi connectivity index (χ3n) is 5.69. The third kappa shape index (κ3) is 3.62. The molecule has 2 N–H and O–H groups in total. The normalized spacial score (nSPS) is 13.1. The first-order chi connectivity index (χ1) is 15.7. The molecule has 5 rings (SSSR count). The second kappa shape index (κ2) is 8.26. The summed E-state index contributed by atoms with van der Waals surface area (Å²) in [5.74, 6) is 2.43. The van der Waals surface area contributed by atoms with Gasteiger partial charge >= 0.3 is 0 Å². The summed E-state index contributed by atoms with van der Waals surface area (Å²) in [4.78, 5) is 26.9. The average Bonchev–Trinajstić information content (AvgIpc) is 3.24. The Kier molecular flexibility index (Phi) is 5.14. The smallest absolute Gasteiger partial charge is 0.282 e. The highest BCUT2D eigenvalue weighted by atomic mass is 16.5. The van der Waals surface area contributed by atoms with Crippen molar-refractivity contribution in [3.63, 3.8) is 0 Å². The summed E-state index contributed by atoms with van der Waals surface area (Å²) in [7, 11) is 3.11. The molecule has 3 heterocycles. The number of ether oxygens (including phenoxy) is 2. The molecule has 1 aliphatic rings. The monoisotopic (exact) mass is 432 g/mol. The van der Waals surface area contributed by atoms with Crippen molar-refractivity contribution in [3.05, 3.63) is 70.3 Å². The molecule has 0 saturated heterocycles. The minimum atomic E-state index is -0.306. The summed E-state index contributed by atoms with van der Waals surface area (Å²) in [5.41, 5.74) is 2.61. The van der Waals surface area contributed by atoms with Crippen LogP contribution in [0.2, 0.25) is 0 Å². The molecule has 4 aromatic rings. The predicted molar refractivity (Wildman–Crippen MR) is 123 cm³/mol. The van der Waals surface area contributed by atoms with Crippen LogP contribution in [0.4, 0.5) is 11.9 Å². The van der Waals surface area contributed by atoms with Crippen molar-refractivity contribution in [1.29, 1.82) is 0 Å². The average molecular weight is 432 g/mol. The minimum absolute atomic E-state index is 0.306. The van der Waals surface area contributed by atoms with Crippen molar-refractivity contribution < 1.29 is 9.47 Å². The van der Waals surface area contributed by atoms with Crippen LogP contribution in [0.15, 0.2) is 53.5 Å². The van der Waals surface area contributed by atoms with Crippen molar-refractivity contribution in [3.8, 4) is 11.5 Å². The quantitative estimate of drug-likeness (QED) is 0.484. The Balaban J connectivity index is 1.38. The number of benzene rings is 2. The lowest BCUT2D eigenvalue weighted by molar-refractivity contribution is 0.355. The van der Waals surface area contributed by atoms with Gasteiger partial charge in [-0.1, -0.05) is 30.3 Å². The van der Waals surface area contributed by atoms with Gasteiger partial charge in [0.2, 0.25) is 11.9 Å². The van der Waals surface area contributed by atoms with Crippen LogP contribution in [0.1, 0.15) is 11.3 Å². The second-order valence-electron chi connectivity index (χ2n) is 7.60. The van der Waals surface area contributed by atoms with E-state index in [1.54, 1.807) is 26.4 Å². The molecular formula is C23H24N6O3. The molecule has 0 radical (unpaired) electrons. The van der Waals surface area contributed by atoms with Crippen LogP contribution in [0.5, 0.6) is 11.5 Å². The number of H-pyrrole nitrogens is 1. The van der Waals surface area contributed by atoms with Crippen LogP contribution in [-0.2, 0) is 19.6 Å². The molecule has 1 aliphatic heterocycles. The highest BCUT2D eigenvalue weighted by molar-refractivity contribution is 5.82. The topological polar surface area (TPSA) is 97.3 Å². The number of nitrogens with zero attached hydrogens (tertiary/aromatic N) is 4. The zero-order chi connectivity index (χ0) is 22.1. The van der Waals surface area contributed by atoms with E-state index in [-0.39, 0.29) is 5.56 Å². The number of aromatic amines is 1. The van der Waals surface area contributed by atoms with Crippen molar-refractivity contribution in [2.45, 2.75) is 19.6 Å². The lowest BCUT2D eigenvalue weighted by atomic mass is 10.2. The number of aromatic nitrogens is 4. The maximum absolute atomic E-state index is 12.7. The maximum Gasteiger partial charge on any atom is 0.282 e. The first kappa shape index (κ1) is 19.9. The van der Waals surface area contributed by atoms with Gasteiger partial charge in [-0.3, -0.25) is 4.79 Å². The van der Waals surface area contributed by atoms with Gasteiger partial charge in [-0.15, -0.1) is 0 Å². The van der Waals surface area contributed by atoms with Gasteiger partial charge in [-0.25, -0.2) is 4.98 Å². The van der Waals surface area contributed by atoms with Gasteiger partial charge in [-0.05, 0) is 11.6 Å². The van der Waals surface area contributed by atoms with E-state index in [0.717, 1.165) is 18.2 Å². The first-order valence-corrected chi connectivity index (χ1v) is 10.4. The van der Waals surface area contributed by atoms with Crippen molar-refractivity contribution in [2.75, 3.05) is 31.0 Å². The molecule has 2 aromatic carbocycles. The van der Waals surface area contributed by atoms with Crippen molar-refractivity contribution in [2.24, 2.45) is 0 Å². The Morgan fingerprint density at radius 2 is 1.88 bits per heavy atom. The maximum atomic E-state index is 12.7. The van der Waals surface area contributed by atoms with Gasteiger partial charge in [-0.2, -0.15) is 4.98 Å². The van der Waals surface area contributed by atoms with Gasteiger partial charge in [0, 0.05) is 25.7 Å². The standard InChI is InChI=1S/C23H24N6O3/c1-31-19-10-17-18(11-20(19)32-2)26-23(27-21(17)30)28-8-9-29-16(14-28)13-25-22(29)24-12-15-6-4-3-5-7-15/h3-7,10-11,13H,8-9,12,14H2,1-2H3,(H,24,25)(H,26,27,30). The van der Waals surface area contributed by atoms with Crippen LogP contribution in [0.25, 0.3) is 10.9 Å². The minimum Gasteiger partial charge on any atom is -0.493 e. The fourth-order valence-corrected chi connectivity index (χ4v) is 3.99. The SMILES string of the molecule is COc1cc2[nH]c(N3CCn4c(cnc4NCc4ccccc4)C3)nc(=O)c2cc1OC. The fraction of sp³-hybridized carbons (Fsp3) is 0.261. The summed E-state index contributed by atoms with van der Waals surface area (Å²) in [6, 6.07) is 13.6. The highest BCUT2D eigenvalue weighted by Gasteiger charge is 2.22. The largest absolute Gasteiger partial charge is 0.493 e. The van der Waals surface area contributed by atoms with Crippen molar-refractivity contribution >= 4 is 22.8 Å². The molecule has 0 spiro atoms. The number of imidazole rings is 1. The van der Waals surface area contributed by atoms with E-state index in [1.165, 1.54) is 5.56 Å². The van der Waals surface area contributed by atoms with Crippen LogP contribution in [-0.4, -0.2) is 40.3 Å². The Labute approximate surface area is 184 Å². The first-order valence-electron chi connectivity index (χ1n) is 10.4. The number of fused-ring (bicyclic) bond motifs is 2. The van der Waals surface area contributed by atoms with E-state index in [2.05, 4.69) is 41.9 Å². The molecule has 0 saturated carbocycles. The van der Waals surface area contributed by atoms with E-state index in [0.29, 0.717) is 48.0 Å². The molecule has 0 unspecified atom stereocenters. The van der Waals surface area contributed by atoms with Gasteiger partial charge in [0.25, 0.3) is 5.56 Å². The van der Waals surface area contributed by atoms with E-state index >= 15 is 0 Å². The second-order valence-corrected chi connectivity index (χ2v) is 7.60. The molecule has 9 nitrogen and oxygen atoms in total. The number of hydrogen-bond acceptors (Lipinski definition) is 7. The molecule has 0 atom stereocenters. The summed E-state index contributed by atoms with van der Waals surface area (Å²) in [5, 5.41) is 3.87. The highest BCUT2D eigenvalue weighted by Crippen LogP contribution is 2.31. The number of methoxy groups -OCH3 is 2. The Morgan fingerprint density at radius 1 is 1.09 bits per heavy atom. The van der Waals surface area contributed by atoms with Crippen LogP contribution < -0.4 is 25.2 Å². The van der Waals surface area contributed by atoms with E-state index in [4.69, 9.17) is 9.47 Å². The number of anilines is 2. The zero-order valence-electron chi connectivity index (χ0n) is 18.0. The predicted octanol–water partition coefficient (Wildman–Crippen LogP) is 2.77. The Bertz CT molecular complexity index is 1310. The molecule has 0 bridgehead atoms. The van der Waals surface area contributed by atoms with Gasteiger partial charge in [0.1, 0.15) is 0 Å². The van der Waals surface area contributed by atoms with E-state index in [1.807, 2.05) is 24.4 Å². The summed E-state index contributed by atoms with van der Waals surface area (Å²) < 4.78 is 12.9. The summed E-state index contributed by atoms with van der Waals surface area (Å²) >= 11 is 0. The molecule has 164 valence electrons. The molecule has 32 heavy (non-hydrogen) atoms. The lowest BCUT2D eigenvalue weighted by Crippen LogP contribution is -2.36. The van der Waals surface area contributed by atoms with Gasteiger partial charge < -0.3 is 29.2 Å². The fourth-order valence-electron chi connectivity index (χ4n) is 3.99. The zero-order valence-corrected chi connectivity index (χ0v) is 18.0. The Morgan fingerprint density at radius 3 is 2.66 bits per heavy atom. The molecule has 0 aliphatic carbocycles. The Hall–Kier alpha value is -4.01.